The summed E-state index contributed by atoms with van der Waals surface area (Å²) in [6, 6.07) is 0.673. The highest BCUT2D eigenvalue weighted by Crippen LogP contribution is 2.09. The molecule has 0 atom stereocenters. The van der Waals surface area contributed by atoms with Gasteiger partial charge in [-0.25, -0.2) is 0 Å². The molecule has 1 saturated heterocycles. The van der Waals surface area contributed by atoms with Crippen LogP contribution in [0.4, 0.5) is 0 Å². The van der Waals surface area contributed by atoms with Gasteiger partial charge in [0.05, 0.1) is 6.67 Å². The Bertz CT molecular complexity index is 117. The molecule has 2 heteroatoms. The van der Waals surface area contributed by atoms with Gasteiger partial charge >= 0.3 is 0 Å². The Balaban J connectivity index is 2.20. The Morgan fingerprint density at radius 3 is 2.25 bits per heavy atom. The lowest BCUT2D eigenvalue weighted by Gasteiger charge is -2.32. The van der Waals surface area contributed by atoms with Gasteiger partial charge in [0.1, 0.15) is 0 Å². The van der Waals surface area contributed by atoms with Crippen molar-refractivity contribution in [3.8, 4) is 0 Å². The summed E-state index contributed by atoms with van der Waals surface area (Å²) < 4.78 is 0. The summed E-state index contributed by atoms with van der Waals surface area (Å²) >= 11 is 0. The van der Waals surface area contributed by atoms with E-state index in [2.05, 4.69) is 30.7 Å². The molecule has 0 aromatic carbocycles. The van der Waals surface area contributed by atoms with Crippen LogP contribution in [-0.4, -0.2) is 42.6 Å². The van der Waals surface area contributed by atoms with Gasteiger partial charge < -0.3 is 0 Å². The zero-order valence-corrected chi connectivity index (χ0v) is 8.71. The Labute approximate surface area is 76.5 Å². The van der Waals surface area contributed by atoms with E-state index in [0.717, 1.165) is 6.67 Å². The molecule has 0 aromatic rings. The SMILES string of the molecule is CC(C)N(C)CN1CCCCC1. The molecule has 12 heavy (non-hydrogen) atoms. The van der Waals surface area contributed by atoms with Crippen LogP contribution >= 0.6 is 0 Å². The Kier molecular flexibility index (Phi) is 4.02. The first-order chi connectivity index (χ1) is 5.70. The van der Waals surface area contributed by atoms with E-state index in [1.54, 1.807) is 0 Å². The first-order valence-electron chi connectivity index (χ1n) is 5.13. The average Bonchev–Trinajstić information content (AvgIpc) is 2.06. The predicted molar refractivity (Wildman–Crippen MR) is 53.2 cm³/mol. The van der Waals surface area contributed by atoms with E-state index < -0.39 is 0 Å². The molecule has 1 aliphatic rings. The average molecular weight is 170 g/mol. The first-order valence-corrected chi connectivity index (χ1v) is 5.13. The van der Waals surface area contributed by atoms with E-state index in [1.807, 2.05) is 0 Å². The van der Waals surface area contributed by atoms with Gasteiger partial charge in [-0.1, -0.05) is 6.42 Å². The molecule has 0 unspecified atom stereocenters. The van der Waals surface area contributed by atoms with Crippen LogP contribution in [0.1, 0.15) is 33.1 Å². The molecule has 2 nitrogen and oxygen atoms in total. The predicted octanol–water partition coefficient (Wildman–Crippen LogP) is 1.77. The van der Waals surface area contributed by atoms with Crippen molar-refractivity contribution >= 4 is 0 Å². The van der Waals surface area contributed by atoms with Gasteiger partial charge in [-0.2, -0.15) is 0 Å². The maximum absolute atomic E-state index is 2.56. The Morgan fingerprint density at radius 1 is 1.17 bits per heavy atom. The van der Waals surface area contributed by atoms with E-state index in [-0.39, 0.29) is 0 Å². The normalized spacial score (nSPS) is 20.8. The molecule has 0 amide bonds. The largest absolute Gasteiger partial charge is 0.291 e. The number of hydrogen-bond acceptors (Lipinski definition) is 2. The van der Waals surface area contributed by atoms with Crippen molar-refractivity contribution in [1.82, 2.24) is 9.80 Å². The second-order valence-electron chi connectivity index (χ2n) is 4.17. The molecule has 0 aromatic heterocycles. The van der Waals surface area contributed by atoms with Crippen LogP contribution in [0.5, 0.6) is 0 Å². The number of rotatable bonds is 3. The van der Waals surface area contributed by atoms with Gasteiger partial charge in [0.2, 0.25) is 0 Å². The topological polar surface area (TPSA) is 6.48 Å². The lowest BCUT2D eigenvalue weighted by molar-refractivity contribution is 0.112. The summed E-state index contributed by atoms with van der Waals surface area (Å²) in [5.41, 5.74) is 0. The molecule has 0 aliphatic carbocycles. The van der Waals surface area contributed by atoms with Crippen molar-refractivity contribution in [2.24, 2.45) is 0 Å². The van der Waals surface area contributed by atoms with E-state index in [0.29, 0.717) is 6.04 Å². The van der Waals surface area contributed by atoms with Crippen molar-refractivity contribution in [2.45, 2.75) is 39.2 Å². The van der Waals surface area contributed by atoms with Crippen LogP contribution < -0.4 is 0 Å². The van der Waals surface area contributed by atoms with Crippen LogP contribution in [0.3, 0.4) is 0 Å². The van der Waals surface area contributed by atoms with Gasteiger partial charge in [-0.3, -0.25) is 9.80 Å². The van der Waals surface area contributed by atoms with Crippen LogP contribution in [0.25, 0.3) is 0 Å². The maximum atomic E-state index is 2.56. The van der Waals surface area contributed by atoms with Crippen LogP contribution in [0.15, 0.2) is 0 Å². The number of nitrogens with zero attached hydrogens (tertiary/aromatic N) is 2. The monoisotopic (exact) mass is 170 g/mol. The number of likely N-dealkylation sites (tertiary alicyclic amines) is 1. The second kappa shape index (κ2) is 4.83. The summed E-state index contributed by atoms with van der Waals surface area (Å²) in [7, 11) is 2.21. The molecule has 72 valence electrons. The summed E-state index contributed by atoms with van der Waals surface area (Å²) in [6.07, 6.45) is 4.22. The quantitative estimate of drug-likeness (QED) is 0.637. The fourth-order valence-corrected chi connectivity index (χ4v) is 1.58. The van der Waals surface area contributed by atoms with Crippen molar-refractivity contribution < 1.29 is 0 Å². The third-order valence-corrected chi connectivity index (χ3v) is 2.75. The minimum absolute atomic E-state index is 0.673. The molecular weight excluding hydrogens is 148 g/mol. The molecule has 0 bridgehead atoms. The highest BCUT2D eigenvalue weighted by molar-refractivity contribution is 4.65. The fourth-order valence-electron chi connectivity index (χ4n) is 1.58. The van der Waals surface area contributed by atoms with E-state index >= 15 is 0 Å². The molecule has 0 spiro atoms. The van der Waals surface area contributed by atoms with Gasteiger partial charge in [-0.05, 0) is 46.8 Å². The standard InChI is InChI=1S/C10H22N2/c1-10(2)11(3)9-12-7-5-4-6-8-12/h10H,4-9H2,1-3H3. The minimum atomic E-state index is 0.673. The second-order valence-corrected chi connectivity index (χ2v) is 4.17. The van der Waals surface area contributed by atoms with E-state index in [4.69, 9.17) is 0 Å². The molecule has 0 N–H and O–H groups in total. The molecule has 1 aliphatic heterocycles. The van der Waals surface area contributed by atoms with Crippen LogP contribution in [0, 0.1) is 0 Å². The van der Waals surface area contributed by atoms with Gasteiger partial charge in [0, 0.05) is 6.04 Å². The summed E-state index contributed by atoms with van der Waals surface area (Å²) in [5, 5.41) is 0. The molecule has 1 fully saturated rings. The Morgan fingerprint density at radius 2 is 1.75 bits per heavy atom. The van der Waals surface area contributed by atoms with Gasteiger partial charge in [-0.15, -0.1) is 0 Å². The van der Waals surface area contributed by atoms with Crippen molar-refractivity contribution in [2.75, 3.05) is 26.8 Å². The minimum Gasteiger partial charge on any atom is -0.291 e. The van der Waals surface area contributed by atoms with Crippen molar-refractivity contribution in [3.63, 3.8) is 0 Å². The van der Waals surface area contributed by atoms with Gasteiger partial charge in [0.25, 0.3) is 0 Å². The highest BCUT2D eigenvalue weighted by atomic mass is 15.3. The Hall–Kier alpha value is -0.0800. The lowest BCUT2D eigenvalue weighted by Crippen LogP contribution is -2.41. The van der Waals surface area contributed by atoms with Crippen LogP contribution in [-0.2, 0) is 0 Å². The first kappa shape index (κ1) is 10.0. The smallest absolute Gasteiger partial charge is 0.0505 e. The maximum Gasteiger partial charge on any atom is 0.0505 e. The summed E-state index contributed by atoms with van der Waals surface area (Å²) in [4.78, 5) is 4.97. The molecule has 0 radical (unpaired) electrons. The van der Waals surface area contributed by atoms with Gasteiger partial charge in [0.15, 0.2) is 0 Å². The third kappa shape index (κ3) is 3.11. The highest BCUT2D eigenvalue weighted by Gasteiger charge is 2.12. The van der Waals surface area contributed by atoms with Crippen molar-refractivity contribution in [1.29, 1.82) is 0 Å². The van der Waals surface area contributed by atoms with E-state index in [1.165, 1.54) is 32.4 Å². The number of piperidine rings is 1. The molecule has 1 heterocycles. The van der Waals surface area contributed by atoms with E-state index in [9.17, 15) is 0 Å². The molecule has 1 rings (SSSR count). The molecule has 0 saturated carbocycles. The third-order valence-electron chi connectivity index (χ3n) is 2.75. The van der Waals surface area contributed by atoms with Crippen molar-refractivity contribution in [3.05, 3.63) is 0 Å². The zero-order chi connectivity index (χ0) is 8.97. The van der Waals surface area contributed by atoms with Crippen LogP contribution in [0.2, 0.25) is 0 Å². The summed E-state index contributed by atoms with van der Waals surface area (Å²) in [5.74, 6) is 0. The number of hydrogen-bond donors (Lipinski definition) is 0. The summed E-state index contributed by atoms with van der Waals surface area (Å²) in [6.45, 7) is 8.26. The lowest BCUT2D eigenvalue weighted by atomic mass is 10.1. The zero-order valence-electron chi connectivity index (χ0n) is 8.71. The fraction of sp³-hybridized carbons (Fsp3) is 1.00. The molecular formula is C10H22N2.